The van der Waals surface area contributed by atoms with Crippen LogP contribution in [0.2, 0.25) is 0 Å². The van der Waals surface area contributed by atoms with Crippen LogP contribution in [0.15, 0.2) is 77.7 Å². The number of hydrogen-bond donors (Lipinski definition) is 1. The first-order chi connectivity index (χ1) is 14.8. The molecule has 0 saturated carbocycles. The van der Waals surface area contributed by atoms with Crippen molar-refractivity contribution < 1.29 is 18.1 Å². The summed E-state index contributed by atoms with van der Waals surface area (Å²) in [5.74, 6) is -0.631. The molecule has 8 nitrogen and oxygen atoms in total. The highest BCUT2D eigenvalue weighted by molar-refractivity contribution is 7.89. The first-order valence-corrected chi connectivity index (χ1v) is 10.9. The Bertz CT molecular complexity index is 1260. The number of sulfonamides is 1. The van der Waals surface area contributed by atoms with Gasteiger partial charge in [-0.3, -0.25) is 14.9 Å². The molecular weight excluding hydrogens is 418 g/mol. The number of benzene rings is 3. The fraction of sp³-hybridized carbons (Fsp3) is 0.136. The van der Waals surface area contributed by atoms with Crippen molar-refractivity contribution >= 4 is 27.3 Å². The molecule has 0 spiro atoms. The summed E-state index contributed by atoms with van der Waals surface area (Å²) < 4.78 is 27.6. The largest absolute Gasteiger partial charge is 0.376 e. The average molecular weight is 437 g/mol. The topological polar surface area (TPSA) is 110 Å². The van der Waals surface area contributed by atoms with E-state index in [-0.39, 0.29) is 22.7 Å². The van der Waals surface area contributed by atoms with Crippen molar-refractivity contribution in [3.63, 3.8) is 0 Å². The number of nitrogens with zero attached hydrogens (tertiary/aromatic N) is 2. The van der Waals surface area contributed by atoms with Gasteiger partial charge >= 0.3 is 0 Å². The first kappa shape index (κ1) is 20.5. The molecule has 1 amide bonds. The SMILES string of the molecule is Cc1ccc(S(=O)(=O)N2CC(c3ccc([N+](=O)[O-])cc3)Nc3ccccc3C2=O)cc1. The zero-order chi connectivity index (χ0) is 22.2. The molecule has 1 aliphatic rings. The lowest BCUT2D eigenvalue weighted by Gasteiger charge is -2.25. The van der Waals surface area contributed by atoms with E-state index in [0.717, 1.165) is 9.87 Å². The highest BCUT2D eigenvalue weighted by atomic mass is 32.2. The number of non-ortho nitro benzene ring substituents is 1. The van der Waals surface area contributed by atoms with E-state index in [4.69, 9.17) is 0 Å². The Morgan fingerprint density at radius 3 is 2.29 bits per heavy atom. The predicted octanol–water partition coefficient (Wildman–Crippen LogP) is 3.90. The number of nitro groups is 1. The minimum Gasteiger partial charge on any atom is -0.376 e. The summed E-state index contributed by atoms with van der Waals surface area (Å²) in [6.07, 6.45) is 0. The minimum atomic E-state index is -4.12. The summed E-state index contributed by atoms with van der Waals surface area (Å²) in [5.41, 5.74) is 2.19. The van der Waals surface area contributed by atoms with E-state index >= 15 is 0 Å². The normalized spacial score (nSPS) is 16.2. The van der Waals surface area contributed by atoms with E-state index in [1.165, 1.54) is 24.3 Å². The van der Waals surface area contributed by atoms with Crippen LogP contribution in [0, 0.1) is 17.0 Å². The zero-order valence-corrected chi connectivity index (χ0v) is 17.4. The number of aryl methyl sites for hydroxylation is 1. The molecule has 1 atom stereocenters. The van der Waals surface area contributed by atoms with Gasteiger partial charge in [-0.15, -0.1) is 0 Å². The predicted molar refractivity (Wildman–Crippen MR) is 115 cm³/mol. The molecule has 0 fully saturated rings. The van der Waals surface area contributed by atoms with E-state index in [0.29, 0.717) is 11.3 Å². The lowest BCUT2D eigenvalue weighted by atomic mass is 10.1. The number of hydrogen-bond acceptors (Lipinski definition) is 6. The number of rotatable bonds is 4. The van der Waals surface area contributed by atoms with Crippen LogP contribution in [-0.4, -0.2) is 30.1 Å². The molecular formula is C22H19N3O5S. The zero-order valence-electron chi connectivity index (χ0n) is 16.6. The van der Waals surface area contributed by atoms with Crippen LogP contribution in [0.4, 0.5) is 11.4 Å². The lowest BCUT2D eigenvalue weighted by Crippen LogP contribution is -2.39. The van der Waals surface area contributed by atoms with E-state index in [1.807, 2.05) is 6.92 Å². The van der Waals surface area contributed by atoms with Gasteiger partial charge in [0.15, 0.2) is 0 Å². The maximum atomic E-state index is 13.4. The molecule has 3 aromatic carbocycles. The quantitative estimate of drug-likeness (QED) is 0.490. The number of amides is 1. The molecule has 0 bridgehead atoms. The number of nitrogens with one attached hydrogen (secondary N) is 1. The Morgan fingerprint density at radius 1 is 1.00 bits per heavy atom. The van der Waals surface area contributed by atoms with Crippen molar-refractivity contribution in [1.29, 1.82) is 0 Å². The van der Waals surface area contributed by atoms with E-state index in [2.05, 4.69) is 5.32 Å². The van der Waals surface area contributed by atoms with Crippen LogP contribution in [-0.2, 0) is 10.0 Å². The number of para-hydroxylation sites is 1. The standard InChI is InChI=1S/C22H19N3O5S/c1-15-6-12-18(13-7-15)31(29,30)24-14-21(16-8-10-17(11-9-16)25(27)28)23-20-5-3-2-4-19(20)22(24)26/h2-13,21,23H,14H2,1H3. The van der Waals surface area contributed by atoms with Crippen LogP contribution < -0.4 is 5.32 Å². The van der Waals surface area contributed by atoms with Gasteiger partial charge in [0.05, 0.1) is 28.0 Å². The lowest BCUT2D eigenvalue weighted by molar-refractivity contribution is -0.384. The highest BCUT2D eigenvalue weighted by Crippen LogP contribution is 2.32. The molecule has 158 valence electrons. The number of fused-ring (bicyclic) bond motifs is 1. The second-order valence-electron chi connectivity index (χ2n) is 7.25. The van der Waals surface area contributed by atoms with Crippen molar-refractivity contribution in [2.75, 3.05) is 11.9 Å². The van der Waals surface area contributed by atoms with Gasteiger partial charge < -0.3 is 5.32 Å². The Labute approximate surface area is 179 Å². The van der Waals surface area contributed by atoms with E-state index in [9.17, 15) is 23.3 Å². The van der Waals surface area contributed by atoms with E-state index in [1.54, 1.807) is 48.5 Å². The molecule has 0 saturated heterocycles. The van der Waals surface area contributed by atoms with Crippen LogP contribution in [0.5, 0.6) is 0 Å². The fourth-order valence-corrected chi connectivity index (χ4v) is 4.87. The van der Waals surface area contributed by atoms with Crippen LogP contribution in [0.1, 0.15) is 27.5 Å². The maximum absolute atomic E-state index is 13.4. The minimum absolute atomic E-state index is 0.0216. The van der Waals surface area contributed by atoms with Gasteiger partial charge in [0.1, 0.15) is 0 Å². The maximum Gasteiger partial charge on any atom is 0.269 e. The number of anilines is 1. The third kappa shape index (κ3) is 3.87. The summed E-state index contributed by atoms with van der Waals surface area (Å²) in [6.45, 7) is 1.68. The molecule has 4 rings (SSSR count). The van der Waals surface area contributed by atoms with Gasteiger partial charge in [0, 0.05) is 17.8 Å². The van der Waals surface area contributed by atoms with Gasteiger partial charge in [-0.05, 0) is 36.8 Å². The Hall–Kier alpha value is -3.72. The van der Waals surface area contributed by atoms with Crippen molar-refractivity contribution in [1.82, 2.24) is 4.31 Å². The molecule has 31 heavy (non-hydrogen) atoms. The molecule has 9 heteroatoms. The van der Waals surface area contributed by atoms with E-state index < -0.39 is 26.9 Å². The summed E-state index contributed by atoms with van der Waals surface area (Å²) in [6, 6.07) is 18.2. The van der Waals surface area contributed by atoms with Gasteiger partial charge in [0.2, 0.25) is 0 Å². The monoisotopic (exact) mass is 437 g/mol. The number of carbonyl (C=O) groups excluding carboxylic acids is 1. The second-order valence-corrected chi connectivity index (χ2v) is 9.11. The van der Waals surface area contributed by atoms with Crippen LogP contribution >= 0.6 is 0 Å². The molecule has 3 aromatic rings. The van der Waals surface area contributed by atoms with Gasteiger partial charge in [-0.2, -0.15) is 0 Å². The van der Waals surface area contributed by atoms with Crippen molar-refractivity contribution in [3.8, 4) is 0 Å². The summed E-state index contributed by atoms with van der Waals surface area (Å²) in [5, 5.41) is 14.2. The first-order valence-electron chi connectivity index (χ1n) is 9.51. The van der Waals surface area contributed by atoms with Gasteiger partial charge in [0.25, 0.3) is 21.6 Å². The van der Waals surface area contributed by atoms with Crippen molar-refractivity contribution in [2.45, 2.75) is 17.9 Å². The third-order valence-electron chi connectivity index (χ3n) is 5.18. The fourth-order valence-electron chi connectivity index (χ4n) is 3.47. The Balaban J connectivity index is 1.80. The molecule has 1 unspecified atom stereocenters. The highest BCUT2D eigenvalue weighted by Gasteiger charge is 2.36. The summed E-state index contributed by atoms with van der Waals surface area (Å²) in [7, 11) is -4.12. The molecule has 0 aliphatic carbocycles. The van der Waals surface area contributed by atoms with Crippen LogP contribution in [0.3, 0.4) is 0 Å². The smallest absolute Gasteiger partial charge is 0.269 e. The van der Waals surface area contributed by atoms with Crippen molar-refractivity contribution in [3.05, 3.63) is 99.6 Å². The molecule has 0 radical (unpaired) electrons. The molecule has 0 aromatic heterocycles. The van der Waals surface area contributed by atoms with Gasteiger partial charge in [-0.1, -0.05) is 42.0 Å². The Kier molecular flexibility index (Phi) is 5.20. The van der Waals surface area contributed by atoms with Gasteiger partial charge in [-0.25, -0.2) is 12.7 Å². The second kappa shape index (κ2) is 7.84. The number of carbonyl (C=O) groups is 1. The molecule has 1 aliphatic heterocycles. The molecule has 1 N–H and O–H groups in total. The third-order valence-corrected chi connectivity index (χ3v) is 6.94. The number of nitro benzene ring substituents is 1. The average Bonchev–Trinajstić information content (AvgIpc) is 2.91. The molecule has 1 heterocycles. The summed E-state index contributed by atoms with van der Waals surface area (Å²) in [4.78, 5) is 23.8. The Morgan fingerprint density at radius 2 is 1.65 bits per heavy atom. The van der Waals surface area contributed by atoms with Crippen LogP contribution in [0.25, 0.3) is 0 Å². The van der Waals surface area contributed by atoms with Crippen molar-refractivity contribution in [2.24, 2.45) is 0 Å². The summed E-state index contributed by atoms with van der Waals surface area (Å²) >= 11 is 0.